The molecule has 1 amide bonds. The van der Waals surface area contributed by atoms with Crippen molar-refractivity contribution >= 4 is 5.91 Å². The topological polar surface area (TPSA) is 77.6 Å². The van der Waals surface area contributed by atoms with Gasteiger partial charge in [-0.05, 0) is 26.0 Å². The van der Waals surface area contributed by atoms with Gasteiger partial charge in [0.25, 0.3) is 5.56 Å². The molecule has 7 heteroatoms. The summed E-state index contributed by atoms with van der Waals surface area (Å²) in [6.07, 6.45) is 1.56. The number of pyridine rings is 1. The fraction of sp³-hybridized carbons (Fsp3) is 0.400. The molecular weight excluding hydrogens is 286 g/mol. The van der Waals surface area contributed by atoms with E-state index in [1.54, 1.807) is 37.2 Å². The highest BCUT2D eigenvalue weighted by molar-refractivity contribution is 5.75. The van der Waals surface area contributed by atoms with Crippen molar-refractivity contribution in [2.45, 2.75) is 26.9 Å². The Labute approximate surface area is 128 Å². The highest BCUT2D eigenvalue weighted by Crippen LogP contribution is 2.14. The number of aromatic nitrogens is 2. The first-order valence-corrected chi connectivity index (χ1v) is 6.83. The van der Waals surface area contributed by atoms with Crippen molar-refractivity contribution in [2.75, 3.05) is 14.2 Å². The lowest BCUT2D eigenvalue weighted by Crippen LogP contribution is -2.33. The normalized spacial score (nSPS) is 10.5. The number of ether oxygens (including phenoxy) is 1. The molecule has 7 nitrogen and oxygen atoms in total. The van der Waals surface area contributed by atoms with E-state index in [1.807, 2.05) is 6.92 Å². The van der Waals surface area contributed by atoms with Gasteiger partial charge in [0.2, 0.25) is 5.91 Å². The number of carbonyl (C=O) groups is 1. The molecule has 0 bridgehead atoms. The summed E-state index contributed by atoms with van der Waals surface area (Å²) in [6.45, 7) is 3.98. The van der Waals surface area contributed by atoms with Crippen LogP contribution in [0.4, 0.5) is 0 Å². The summed E-state index contributed by atoms with van der Waals surface area (Å²) in [7, 11) is 3.10. The lowest BCUT2D eigenvalue weighted by molar-refractivity contribution is -0.131. The van der Waals surface area contributed by atoms with Gasteiger partial charge < -0.3 is 18.7 Å². The molecule has 0 atom stereocenters. The van der Waals surface area contributed by atoms with E-state index in [0.29, 0.717) is 12.3 Å². The highest BCUT2D eigenvalue weighted by atomic mass is 16.5. The summed E-state index contributed by atoms with van der Waals surface area (Å²) in [5, 5.41) is 3.86. The Morgan fingerprint density at radius 3 is 2.77 bits per heavy atom. The van der Waals surface area contributed by atoms with Gasteiger partial charge in [0.1, 0.15) is 12.3 Å². The number of hydrogen-bond acceptors (Lipinski definition) is 5. The molecule has 0 aliphatic carbocycles. The van der Waals surface area contributed by atoms with Crippen molar-refractivity contribution in [3.05, 3.63) is 45.7 Å². The molecule has 0 saturated heterocycles. The molecule has 22 heavy (non-hydrogen) atoms. The van der Waals surface area contributed by atoms with Crippen molar-refractivity contribution in [3.8, 4) is 5.75 Å². The number of methoxy groups -OCH3 is 1. The Morgan fingerprint density at radius 1 is 1.45 bits per heavy atom. The van der Waals surface area contributed by atoms with Gasteiger partial charge in [-0.25, -0.2) is 0 Å². The van der Waals surface area contributed by atoms with Crippen LogP contribution in [0.3, 0.4) is 0 Å². The zero-order chi connectivity index (χ0) is 16.3. The van der Waals surface area contributed by atoms with Crippen LogP contribution < -0.4 is 10.3 Å². The molecule has 0 N–H and O–H groups in total. The average Bonchev–Trinajstić information content (AvgIpc) is 2.81. The molecule has 0 spiro atoms. The van der Waals surface area contributed by atoms with Crippen molar-refractivity contribution in [3.63, 3.8) is 0 Å². The molecule has 0 unspecified atom stereocenters. The first-order valence-electron chi connectivity index (χ1n) is 6.83. The van der Waals surface area contributed by atoms with Crippen molar-refractivity contribution < 1.29 is 14.1 Å². The molecule has 0 radical (unpaired) electrons. The maximum Gasteiger partial charge on any atom is 0.293 e. The fourth-order valence-electron chi connectivity index (χ4n) is 2.11. The lowest BCUT2D eigenvalue weighted by atomic mass is 10.2. The zero-order valence-electron chi connectivity index (χ0n) is 13.1. The standard InChI is InChI=1S/C15H19N3O4/c1-10-12(11(2)22-16-10)8-17(3)14(19)9-18-7-5-6-13(21-4)15(18)20/h5-7H,8-9H2,1-4H3. The van der Waals surface area contributed by atoms with Crippen LogP contribution in [0.5, 0.6) is 5.75 Å². The van der Waals surface area contributed by atoms with E-state index in [4.69, 9.17) is 9.26 Å². The van der Waals surface area contributed by atoms with E-state index in [1.165, 1.54) is 11.7 Å². The number of hydrogen-bond donors (Lipinski definition) is 0. The van der Waals surface area contributed by atoms with E-state index in [0.717, 1.165) is 11.3 Å². The number of likely N-dealkylation sites (N-methyl/N-ethyl adjacent to an activating group) is 1. The smallest absolute Gasteiger partial charge is 0.293 e. The maximum absolute atomic E-state index is 12.3. The summed E-state index contributed by atoms with van der Waals surface area (Å²) >= 11 is 0. The van der Waals surface area contributed by atoms with E-state index >= 15 is 0 Å². The van der Waals surface area contributed by atoms with Gasteiger partial charge in [-0.2, -0.15) is 0 Å². The minimum atomic E-state index is -0.330. The molecule has 0 aromatic carbocycles. The number of nitrogens with zero attached hydrogens (tertiary/aromatic N) is 3. The Morgan fingerprint density at radius 2 is 2.18 bits per heavy atom. The Balaban J connectivity index is 2.11. The van der Waals surface area contributed by atoms with Crippen LogP contribution in [0.15, 0.2) is 27.6 Å². The maximum atomic E-state index is 12.3. The van der Waals surface area contributed by atoms with Crippen LogP contribution in [0, 0.1) is 13.8 Å². The summed E-state index contributed by atoms with van der Waals surface area (Å²) in [5.74, 6) is 0.717. The van der Waals surface area contributed by atoms with Crippen molar-refractivity contribution in [2.24, 2.45) is 0 Å². The van der Waals surface area contributed by atoms with Gasteiger partial charge in [-0.3, -0.25) is 9.59 Å². The second-order valence-corrected chi connectivity index (χ2v) is 5.06. The molecule has 118 valence electrons. The highest BCUT2D eigenvalue weighted by Gasteiger charge is 2.16. The van der Waals surface area contributed by atoms with E-state index in [2.05, 4.69) is 5.16 Å². The minimum Gasteiger partial charge on any atom is -0.491 e. The van der Waals surface area contributed by atoms with Crippen LogP contribution in [-0.2, 0) is 17.9 Å². The molecule has 2 aromatic heterocycles. The predicted octanol–water partition coefficient (Wildman–Crippen LogP) is 1.12. The van der Waals surface area contributed by atoms with Gasteiger partial charge in [0, 0.05) is 18.8 Å². The first-order chi connectivity index (χ1) is 10.4. The van der Waals surface area contributed by atoms with Gasteiger partial charge in [-0.15, -0.1) is 0 Å². The molecule has 0 fully saturated rings. The summed E-state index contributed by atoms with van der Waals surface area (Å²) < 4.78 is 11.4. The van der Waals surface area contributed by atoms with Crippen LogP contribution in [0.25, 0.3) is 0 Å². The Bertz CT molecular complexity index is 713. The number of aryl methyl sites for hydroxylation is 2. The molecule has 2 rings (SSSR count). The molecule has 2 heterocycles. The quantitative estimate of drug-likeness (QED) is 0.827. The summed E-state index contributed by atoms with van der Waals surface area (Å²) in [6, 6.07) is 3.23. The third-order valence-corrected chi connectivity index (χ3v) is 3.51. The summed E-state index contributed by atoms with van der Waals surface area (Å²) in [4.78, 5) is 25.9. The molecule has 2 aromatic rings. The molecule has 0 aliphatic rings. The van der Waals surface area contributed by atoms with E-state index in [-0.39, 0.29) is 23.8 Å². The predicted molar refractivity (Wildman–Crippen MR) is 79.7 cm³/mol. The third-order valence-electron chi connectivity index (χ3n) is 3.51. The fourth-order valence-corrected chi connectivity index (χ4v) is 2.11. The first kappa shape index (κ1) is 15.8. The largest absolute Gasteiger partial charge is 0.491 e. The summed E-state index contributed by atoms with van der Waals surface area (Å²) in [5.41, 5.74) is 1.31. The monoisotopic (exact) mass is 305 g/mol. The van der Waals surface area contributed by atoms with Gasteiger partial charge in [-0.1, -0.05) is 5.16 Å². The van der Waals surface area contributed by atoms with Crippen molar-refractivity contribution in [1.29, 1.82) is 0 Å². The van der Waals surface area contributed by atoms with Crippen LogP contribution in [0.1, 0.15) is 17.0 Å². The Hall–Kier alpha value is -2.57. The van der Waals surface area contributed by atoms with Gasteiger partial charge in [0.15, 0.2) is 5.75 Å². The zero-order valence-corrected chi connectivity index (χ0v) is 13.1. The Kier molecular flexibility index (Phi) is 4.65. The number of amides is 1. The van der Waals surface area contributed by atoms with Crippen LogP contribution in [-0.4, -0.2) is 34.7 Å². The van der Waals surface area contributed by atoms with E-state index < -0.39 is 0 Å². The van der Waals surface area contributed by atoms with E-state index in [9.17, 15) is 9.59 Å². The molecule has 0 aliphatic heterocycles. The third kappa shape index (κ3) is 3.19. The van der Waals surface area contributed by atoms with Crippen molar-refractivity contribution in [1.82, 2.24) is 14.6 Å². The SMILES string of the molecule is COc1cccn(CC(=O)N(C)Cc2c(C)noc2C)c1=O. The number of rotatable bonds is 5. The molecular formula is C15H19N3O4. The molecule has 0 saturated carbocycles. The second-order valence-electron chi connectivity index (χ2n) is 5.06. The minimum absolute atomic E-state index is 0.0457. The number of carbonyl (C=O) groups excluding carboxylic acids is 1. The van der Waals surface area contributed by atoms with Gasteiger partial charge in [0.05, 0.1) is 19.3 Å². The average molecular weight is 305 g/mol. The van der Waals surface area contributed by atoms with Gasteiger partial charge >= 0.3 is 0 Å². The van der Waals surface area contributed by atoms with Crippen LogP contribution in [0.2, 0.25) is 0 Å². The second kappa shape index (κ2) is 6.46. The lowest BCUT2D eigenvalue weighted by Gasteiger charge is -2.18. The van der Waals surface area contributed by atoms with Crippen LogP contribution >= 0.6 is 0 Å².